The zero-order valence-corrected chi connectivity index (χ0v) is 20.2. The maximum atomic E-state index is 12.8. The summed E-state index contributed by atoms with van der Waals surface area (Å²) in [4.78, 5) is 27.2. The van der Waals surface area contributed by atoms with Gasteiger partial charge in [-0.2, -0.15) is 0 Å². The molecule has 10 nitrogen and oxygen atoms in total. The molecular formula is C24H25N5O5S. The first kappa shape index (κ1) is 22.9. The molecule has 1 saturated heterocycles. The maximum absolute atomic E-state index is 12.8. The molecule has 3 aromatic rings. The van der Waals surface area contributed by atoms with Crippen molar-refractivity contribution in [3.63, 3.8) is 0 Å². The molecule has 0 spiro atoms. The number of anilines is 2. The molecule has 11 heteroatoms. The first-order chi connectivity index (χ1) is 17.0. The van der Waals surface area contributed by atoms with E-state index in [4.69, 9.17) is 14.2 Å². The van der Waals surface area contributed by atoms with Crippen molar-refractivity contribution in [1.29, 1.82) is 0 Å². The second-order valence-corrected chi connectivity index (χ2v) is 9.37. The predicted octanol–water partition coefficient (Wildman–Crippen LogP) is 4.25. The number of aryl methyl sites for hydroxylation is 1. The molecule has 5 rings (SSSR count). The molecule has 0 radical (unpaired) electrons. The molecule has 35 heavy (non-hydrogen) atoms. The number of carbonyl (C=O) groups is 2. The number of rotatable bonds is 5. The Bertz CT molecular complexity index is 1250. The van der Waals surface area contributed by atoms with Gasteiger partial charge in [0.25, 0.3) is 5.91 Å². The van der Waals surface area contributed by atoms with Crippen LogP contribution in [0.5, 0.6) is 17.2 Å². The summed E-state index contributed by atoms with van der Waals surface area (Å²) in [5, 5.41) is 15.2. The molecule has 0 aliphatic carbocycles. The van der Waals surface area contributed by atoms with E-state index in [1.54, 1.807) is 30.2 Å². The quantitative estimate of drug-likeness (QED) is 0.544. The first-order valence-electron chi connectivity index (χ1n) is 11.2. The molecule has 0 atom stereocenters. The Balaban J connectivity index is 1.16. The van der Waals surface area contributed by atoms with Crippen LogP contribution in [0.2, 0.25) is 0 Å². The van der Waals surface area contributed by atoms with Crippen molar-refractivity contribution in [2.24, 2.45) is 0 Å². The number of nitrogens with one attached hydrogen (secondary N) is 2. The van der Waals surface area contributed by atoms with E-state index in [0.717, 1.165) is 23.4 Å². The lowest BCUT2D eigenvalue weighted by molar-refractivity contribution is 0.102. The van der Waals surface area contributed by atoms with Gasteiger partial charge in [-0.3, -0.25) is 4.79 Å². The second-order valence-electron chi connectivity index (χ2n) is 8.36. The van der Waals surface area contributed by atoms with E-state index in [9.17, 15) is 9.59 Å². The predicted molar refractivity (Wildman–Crippen MR) is 131 cm³/mol. The highest BCUT2D eigenvalue weighted by atomic mass is 32.1. The molecule has 2 aliphatic heterocycles. The zero-order chi connectivity index (χ0) is 24.4. The van der Waals surface area contributed by atoms with Crippen LogP contribution in [-0.4, -0.2) is 54.0 Å². The summed E-state index contributed by atoms with van der Waals surface area (Å²) in [6.45, 7) is 3.31. The highest BCUT2D eigenvalue weighted by Crippen LogP contribution is 2.35. The van der Waals surface area contributed by atoms with E-state index in [-0.39, 0.29) is 24.6 Å². The number of likely N-dealkylation sites (tertiary alicyclic amines) is 1. The molecule has 1 fully saturated rings. The minimum Gasteiger partial charge on any atom is -0.495 e. The number of benzene rings is 2. The smallest absolute Gasteiger partial charge is 0.321 e. The van der Waals surface area contributed by atoms with Crippen LogP contribution in [0.15, 0.2) is 36.4 Å². The normalized spacial score (nSPS) is 15.1. The number of ether oxygens (including phenoxy) is 3. The van der Waals surface area contributed by atoms with E-state index >= 15 is 0 Å². The van der Waals surface area contributed by atoms with E-state index in [0.29, 0.717) is 46.7 Å². The van der Waals surface area contributed by atoms with Crippen LogP contribution in [0.25, 0.3) is 0 Å². The Kier molecular flexibility index (Phi) is 6.41. The van der Waals surface area contributed by atoms with Gasteiger partial charge in [0, 0.05) is 30.8 Å². The topological polar surface area (TPSA) is 115 Å². The van der Waals surface area contributed by atoms with Crippen molar-refractivity contribution in [3.8, 4) is 17.2 Å². The molecule has 3 heterocycles. The zero-order valence-electron chi connectivity index (χ0n) is 19.4. The van der Waals surface area contributed by atoms with Gasteiger partial charge in [-0.15, -0.1) is 10.2 Å². The summed E-state index contributed by atoms with van der Waals surface area (Å²) in [7, 11) is 1.58. The van der Waals surface area contributed by atoms with Crippen LogP contribution >= 0.6 is 11.3 Å². The van der Waals surface area contributed by atoms with Crippen LogP contribution in [0.4, 0.5) is 16.2 Å². The molecule has 3 amide bonds. The number of aromatic nitrogens is 2. The Morgan fingerprint density at radius 3 is 2.66 bits per heavy atom. The average Bonchev–Trinajstić information content (AvgIpc) is 3.54. The van der Waals surface area contributed by atoms with Gasteiger partial charge in [0.05, 0.1) is 12.8 Å². The first-order valence-corrected chi connectivity index (χ1v) is 12.1. The molecule has 182 valence electrons. The molecule has 1 aromatic heterocycles. The number of urea groups is 1. The highest BCUT2D eigenvalue weighted by Gasteiger charge is 2.27. The van der Waals surface area contributed by atoms with Gasteiger partial charge in [0.15, 0.2) is 11.5 Å². The number of hydrogen-bond acceptors (Lipinski definition) is 8. The monoisotopic (exact) mass is 495 g/mol. The van der Waals surface area contributed by atoms with Crippen LogP contribution in [-0.2, 0) is 0 Å². The Hall–Kier alpha value is -3.86. The number of amides is 3. The third-order valence-corrected chi connectivity index (χ3v) is 7.08. The molecule has 2 aromatic carbocycles. The number of piperidine rings is 1. The van der Waals surface area contributed by atoms with E-state index < -0.39 is 0 Å². The number of methoxy groups -OCH3 is 1. The van der Waals surface area contributed by atoms with Crippen molar-refractivity contribution in [3.05, 3.63) is 52.0 Å². The number of carbonyl (C=O) groups excluding carboxylic acids is 2. The largest absolute Gasteiger partial charge is 0.495 e. The summed E-state index contributed by atoms with van der Waals surface area (Å²) in [6, 6.07) is 10.7. The summed E-state index contributed by atoms with van der Waals surface area (Å²) >= 11 is 1.29. The van der Waals surface area contributed by atoms with Crippen molar-refractivity contribution in [2.45, 2.75) is 25.7 Å². The Labute approximate surface area is 206 Å². The fraction of sp³-hybridized carbons (Fsp3) is 0.333. The minimum absolute atomic E-state index is 0.150. The van der Waals surface area contributed by atoms with Gasteiger partial charge < -0.3 is 29.7 Å². The molecular weight excluding hydrogens is 470 g/mol. The van der Waals surface area contributed by atoms with Gasteiger partial charge >= 0.3 is 6.03 Å². The van der Waals surface area contributed by atoms with Crippen molar-refractivity contribution < 1.29 is 23.8 Å². The molecule has 0 saturated carbocycles. The van der Waals surface area contributed by atoms with E-state index in [2.05, 4.69) is 20.8 Å². The van der Waals surface area contributed by atoms with Crippen molar-refractivity contribution in [1.82, 2.24) is 15.1 Å². The van der Waals surface area contributed by atoms with Crippen LogP contribution < -0.4 is 24.8 Å². The Morgan fingerprint density at radius 2 is 1.86 bits per heavy atom. The van der Waals surface area contributed by atoms with Crippen LogP contribution in [0.1, 0.15) is 39.1 Å². The second kappa shape index (κ2) is 9.79. The minimum atomic E-state index is -0.323. The number of hydrogen-bond donors (Lipinski definition) is 2. The third kappa shape index (κ3) is 4.99. The maximum Gasteiger partial charge on any atom is 0.321 e. The summed E-state index contributed by atoms with van der Waals surface area (Å²) in [5.41, 5.74) is 2.29. The Morgan fingerprint density at radius 1 is 1.06 bits per heavy atom. The lowest BCUT2D eigenvalue weighted by atomic mass is 9.98. The third-order valence-electron chi connectivity index (χ3n) is 5.99. The van der Waals surface area contributed by atoms with Gasteiger partial charge in [0.2, 0.25) is 11.8 Å². The molecule has 0 unspecified atom stereocenters. The number of fused-ring (bicyclic) bond motifs is 1. The standard InChI is InChI=1S/C24H25N5O5S/c1-14-3-5-18(32-2)17(11-14)26-24(31)29-9-7-15(8-10-29)22-27-28-23(35-22)21(30)25-16-4-6-19-20(12-16)34-13-33-19/h3-6,11-12,15H,7-10,13H2,1-2H3,(H,25,30)(H,26,31). The van der Waals surface area contributed by atoms with Crippen LogP contribution in [0.3, 0.4) is 0 Å². The lowest BCUT2D eigenvalue weighted by Crippen LogP contribution is -2.40. The molecule has 2 N–H and O–H groups in total. The molecule has 2 aliphatic rings. The number of nitrogens with zero attached hydrogens (tertiary/aromatic N) is 3. The van der Waals surface area contributed by atoms with E-state index in [1.807, 2.05) is 25.1 Å². The fourth-order valence-corrected chi connectivity index (χ4v) is 5.00. The molecule has 0 bridgehead atoms. The summed E-state index contributed by atoms with van der Waals surface area (Å²) in [5.74, 6) is 1.70. The lowest BCUT2D eigenvalue weighted by Gasteiger charge is -2.31. The van der Waals surface area contributed by atoms with Gasteiger partial charge in [0.1, 0.15) is 10.8 Å². The average molecular weight is 496 g/mol. The summed E-state index contributed by atoms with van der Waals surface area (Å²) in [6.07, 6.45) is 1.49. The highest BCUT2D eigenvalue weighted by molar-refractivity contribution is 7.13. The van der Waals surface area contributed by atoms with Gasteiger partial charge in [-0.25, -0.2) is 4.79 Å². The fourth-order valence-electron chi connectivity index (χ4n) is 4.09. The van der Waals surface area contributed by atoms with Crippen LogP contribution in [0, 0.1) is 6.92 Å². The van der Waals surface area contributed by atoms with Crippen molar-refractivity contribution in [2.75, 3.05) is 37.6 Å². The SMILES string of the molecule is COc1ccc(C)cc1NC(=O)N1CCC(c2nnc(C(=O)Nc3ccc4c(c3)OCO4)s2)CC1. The van der Waals surface area contributed by atoms with Gasteiger partial charge in [-0.05, 0) is 49.6 Å². The van der Waals surface area contributed by atoms with Gasteiger partial charge in [-0.1, -0.05) is 17.4 Å². The van der Waals surface area contributed by atoms with Crippen molar-refractivity contribution >= 4 is 34.6 Å². The van der Waals surface area contributed by atoms with E-state index in [1.165, 1.54) is 11.3 Å². The summed E-state index contributed by atoms with van der Waals surface area (Å²) < 4.78 is 16.0.